The summed E-state index contributed by atoms with van der Waals surface area (Å²) in [5.41, 5.74) is 2.99. The van der Waals surface area contributed by atoms with E-state index in [0.29, 0.717) is 5.56 Å². The van der Waals surface area contributed by atoms with Crippen LogP contribution in [0, 0.1) is 11.3 Å². The van der Waals surface area contributed by atoms with E-state index in [1.54, 1.807) is 0 Å². The van der Waals surface area contributed by atoms with Crippen LogP contribution in [0.2, 0.25) is 0 Å². The number of nitriles is 1. The average Bonchev–Trinajstić information content (AvgIpc) is 2.48. The molecule has 0 saturated heterocycles. The van der Waals surface area contributed by atoms with E-state index in [9.17, 15) is 0 Å². The first kappa shape index (κ1) is 13.3. The number of rotatable bonds is 5. The molecule has 0 fully saturated rings. The van der Waals surface area contributed by atoms with Crippen LogP contribution in [0.3, 0.4) is 0 Å². The van der Waals surface area contributed by atoms with Crippen molar-refractivity contribution >= 4 is 0 Å². The lowest BCUT2D eigenvalue weighted by molar-refractivity contribution is 0.574. The van der Waals surface area contributed by atoms with E-state index < -0.39 is 0 Å². The van der Waals surface area contributed by atoms with Crippen LogP contribution in [0.25, 0.3) is 0 Å². The Kier molecular flexibility index (Phi) is 4.66. The van der Waals surface area contributed by atoms with Crippen molar-refractivity contribution in [3.05, 3.63) is 65.5 Å². The maximum absolute atomic E-state index is 8.76. The number of benzene rings is 1. The molecular formula is C16H17N3. The van der Waals surface area contributed by atoms with Gasteiger partial charge in [0, 0.05) is 30.9 Å². The van der Waals surface area contributed by atoms with Gasteiger partial charge in [-0.25, -0.2) is 0 Å². The summed E-state index contributed by atoms with van der Waals surface area (Å²) in [7, 11) is 0. The molecule has 0 radical (unpaired) electrons. The first-order chi connectivity index (χ1) is 9.29. The Hall–Kier alpha value is -2.18. The molecule has 1 atom stereocenters. The first-order valence-corrected chi connectivity index (χ1v) is 6.43. The van der Waals surface area contributed by atoms with Gasteiger partial charge >= 0.3 is 0 Å². The van der Waals surface area contributed by atoms with Crippen molar-refractivity contribution in [1.29, 1.82) is 5.26 Å². The number of aromatic nitrogens is 1. The highest BCUT2D eigenvalue weighted by Gasteiger charge is 2.04. The van der Waals surface area contributed by atoms with Crippen molar-refractivity contribution in [2.75, 3.05) is 6.54 Å². The highest BCUT2D eigenvalue weighted by atomic mass is 14.9. The molecule has 0 aliphatic carbocycles. The minimum Gasteiger partial charge on any atom is -0.310 e. The number of pyridine rings is 1. The van der Waals surface area contributed by atoms with Crippen molar-refractivity contribution in [3.63, 3.8) is 0 Å². The van der Waals surface area contributed by atoms with E-state index in [-0.39, 0.29) is 6.04 Å². The third-order valence-corrected chi connectivity index (χ3v) is 3.10. The molecule has 0 aliphatic rings. The van der Waals surface area contributed by atoms with Gasteiger partial charge in [-0.1, -0.05) is 18.2 Å². The van der Waals surface area contributed by atoms with Crippen molar-refractivity contribution < 1.29 is 0 Å². The Morgan fingerprint density at radius 2 is 2.00 bits per heavy atom. The summed E-state index contributed by atoms with van der Waals surface area (Å²) < 4.78 is 0. The number of hydrogen-bond acceptors (Lipinski definition) is 3. The van der Waals surface area contributed by atoms with Gasteiger partial charge in [-0.3, -0.25) is 4.98 Å². The summed E-state index contributed by atoms with van der Waals surface area (Å²) in [5, 5.41) is 12.2. The molecule has 0 bridgehead atoms. The van der Waals surface area contributed by atoms with Crippen LogP contribution in [-0.2, 0) is 6.42 Å². The third-order valence-electron chi connectivity index (χ3n) is 3.10. The zero-order valence-electron chi connectivity index (χ0n) is 11.0. The molecular weight excluding hydrogens is 234 g/mol. The molecule has 2 aromatic rings. The summed E-state index contributed by atoms with van der Waals surface area (Å²) in [6.07, 6.45) is 2.74. The maximum atomic E-state index is 8.76. The molecule has 1 aromatic carbocycles. The summed E-state index contributed by atoms with van der Waals surface area (Å²) in [6.45, 7) is 3.01. The molecule has 3 heteroatoms. The quantitative estimate of drug-likeness (QED) is 0.889. The highest BCUT2D eigenvalue weighted by Crippen LogP contribution is 2.12. The predicted octanol–water partition coefficient (Wildman–Crippen LogP) is 2.85. The van der Waals surface area contributed by atoms with Gasteiger partial charge in [-0.15, -0.1) is 0 Å². The van der Waals surface area contributed by atoms with E-state index in [1.165, 1.54) is 5.56 Å². The van der Waals surface area contributed by atoms with Gasteiger partial charge in [0.15, 0.2) is 0 Å². The smallest absolute Gasteiger partial charge is 0.0991 e. The minimum atomic E-state index is 0.274. The van der Waals surface area contributed by atoms with Crippen LogP contribution in [0.15, 0.2) is 48.7 Å². The summed E-state index contributed by atoms with van der Waals surface area (Å²) in [6, 6.07) is 16.1. The topological polar surface area (TPSA) is 48.7 Å². The van der Waals surface area contributed by atoms with E-state index in [4.69, 9.17) is 5.26 Å². The Labute approximate surface area is 113 Å². The summed E-state index contributed by atoms with van der Waals surface area (Å²) in [4.78, 5) is 4.29. The van der Waals surface area contributed by atoms with Crippen molar-refractivity contribution in [2.45, 2.75) is 19.4 Å². The Morgan fingerprint density at radius 3 is 2.63 bits per heavy atom. The van der Waals surface area contributed by atoms with Gasteiger partial charge in [0.1, 0.15) is 0 Å². The van der Waals surface area contributed by atoms with Gasteiger partial charge < -0.3 is 5.32 Å². The zero-order valence-corrected chi connectivity index (χ0v) is 11.0. The Morgan fingerprint density at radius 1 is 1.21 bits per heavy atom. The normalized spacial score (nSPS) is 11.8. The molecule has 0 amide bonds. The highest BCUT2D eigenvalue weighted by molar-refractivity contribution is 5.32. The van der Waals surface area contributed by atoms with Crippen LogP contribution >= 0.6 is 0 Å². The average molecular weight is 251 g/mol. The van der Waals surface area contributed by atoms with Crippen molar-refractivity contribution in [1.82, 2.24) is 10.3 Å². The Balaban J connectivity index is 1.84. The van der Waals surface area contributed by atoms with Crippen molar-refractivity contribution in [3.8, 4) is 6.07 Å². The second-order valence-corrected chi connectivity index (χ2v) is 4.48. The van der Waals surface area contributed by atoms with Gasteiger partial charge in [0.2, 0.25) is 0 Å². The van der Waals surface area contributed by atoms with E-state index in [1.807, 2.05) is 48.7 Å². The first-order valence-electron chi connectivity index (χ1n) is 6.43. The van der Waals surface area contributed by atoms with E-state index >= 15 is 0 Å². The van der Waals surface area contributed by atoms with Crippen LogP contribution in [-0.4, -0.2) is 11.5 Å². The lowest BCUT2D eigenvalue weighted by atomic mass is 10.1. The van der Waals surface area contributed by atoms with Crippen LogP contribution in [0.5, 0.6) is 0 Å². The lowest BCUT2D eigenvalue weighted by Gasteiger charge is -2.14. The van der Waals surface area contributed by atoms with E-state index in [0.717, 1.165) is 18.7 Å². The SMILES string of the molecule is C[C@@H](NCCc1ccccn1)c1ccc(C#N)cc1. The van der Waals surface area contributed by atoms with Crippen molar-refractivity contribution in [2.24, 2.45) is 0 Å². The van der Waals surface area contributed by atoms with Gasteiger partial charge in [-0.2, -0.15) is 5.26 Å². The second-order valence-electron chi connectivity index (χ2n) is 4.48. The molecule has 19 heavy (non-hydrogen) atoms. The van der Waals surface area contributed by atoms with Gasteiger partial charge in [0.05, 0.1) is 11.6 Å². The monoisotopic (exact) mass is 251 g/mol. The van der Waals surface area contributed by atoms with Gasteiger partial charge in [-0.05, 0) is 36.8 Å². The van der Waals surface area contributed by atoms with Crippen LogP contribution in [0.1, 0.15) is 29.8 Å². The third kappa shape index (κ3) is 3.90. The predicted molar refractivity (Wildman–Crippen MR) is 75.5 cm³/mol. The molecule has 96 valence electrons. The molecule has 2 rings (SSSR count). The molecule has 0 spiro atoms. The fraction of sp³-hybridized carbons (Fsp3) is 0.250. The zero-order chi connectivity index (χ0) is 13.5. The fourth-order valence-corrected chi connectivity index (χ4v) is 1.93. The molecule has 0 unspecified atom stereocenters. The molecule has 3 nitrogen and oxygen atoms in total. The van der Waals surface area contributed by atoms with Crippen LogP contribution in [0.4, 0.5) is 0 Å². The molecule has 1 aromatic heterocycles. The van der Waals surface area contributed by atoms with Crippen LogP contribution < -0.4 is 5.32 Å². The summed E-state index contributed by atoms with van der Waals surface area (Å²) >= 11 is 0. The number of hydrogen-bond donors (Lipinski definition) is 1. The summed E-state index contributed by atoms with van der Waals surface area (Å²) in [5.74, 6) is 0. The molecule has 0 aliphatic heterocycles. The largest absolute Gasteiger partial charge is 0.310 e. The number of nitrogens with zero attached hydrogens (tertiary/aromatic N) is 2. The lowest BCUT2D eigenvalue weighted by Crippen LogP contribution is -2.21. The molecule has 1 heterocycles. The standard InChI is InChI=1S/C16H17N3/c1-13(15-7-5-14(12-17)6-8-15)18-11-9-16-4-2-3-10-19-16/h2-8,10,13,18H,9,11H2,1H3/t13-/m1/s1. The molecule has 1 N–H and O–H groups in total. The van der Waals surface area contributed by atoms with Gasteiger partial charge in [0.25, 0.3) is 0 Å². The Bertz CT molecular complexity index is 540. The minimum absolute atomic E-state index is 0.274. The molecule has 0 saturated carbocycles. The fourth-order valence-electron chi connectivity index (χ4n) is 1.93. The van der Waals surface area contributed by atoms with E-state index in [2.05, 4.69) is 23.3 Å². The second kappa shape index (κ2) is 6.67. The number of nitrogens with one attached hydrogen (secondary N) is 1. The maximum Gasteiger partial charge on any atom is 0.0991 e.